The Morgan fingerprint density at radius 3 is 2.41 bits per heavy atom. The van der Waals surface area contributed by atoms with Crippen LogP contribution in [0, 0.1) is 9.39 Å². The van der Waals surface area contributed by atoms with Gasteiger partial charge in [-0.25, -0.2) is 4.39 Å². The Morgan fingerprint density at radius 1 is 1.14 bits per heavy atom. The van der Waals surface area contributed by atoms with Crippen molar-refractivity contribution in [1.29, 1.82) is 0 Å². The third-order valence-electron chi connectivity index (χ3n) is 3.25. The van der Waals surface area contributed by atoms with E-state index in [1.807, 2.05) is 31.2 Å². The first kappa shape index (κ1) is 16.7. The molecule has 0 aliphatic carbocycles. The predicted octanol–water partition coefficient (Wildman–Crippen LogP) is 3.59. The van der Waals surface area contributed by atoms with Crippen molar-refractivity contribution in [1.82, 2.24) is 5.32 Å². The summed E-state index contributed by atoms with van der Waals surface area (Å²) in [6.45, 7) is 2.36. The van der Waals surface area contributed by atoms with E-state index in [0.29, 0.717) is 13.0 Å². The molecule has 0 saturated heterocycles. The van der Waals surface area contributed by atoms with Crippen molar-refractivity contribution in [2.75, 3.05) is 11.9 Å². The number of amides is 1. The number of nitrogens with one attached hydrogen (secondary N) is 2. The molecule has 22 heavy (non-hydrogen) atoms. The Bertz CT molecular complexity index is 614. The molecule has 2 N–H and O–H groups in total. The highest BCUT2D eigenvalue weighted by atomic mass is 127. The maximum absolute atomic E-state index is 12.8. The lowest BCUT2D eigenvalue weighted by Gasteiger charge is -2.15. The van der Waals surface area contributed by atoms with E-state index in [1.165, 1.54) is 12.1 Å². The van der Waals surface area contributed by atoms with Crippen molar-refractivity contribution in [2.24, 2.45) is 0 Å². The Morgan fingerprint density at radius 2 is 1.77 bits per heavy atom. The zero-order chi connectivity index (χ0) is 15.9. The first-order valence-electron chi connectivity index (χ1n) is 7.09. The minimum atomic E-state index is -0.312. The third kappa shape index (κ3) is 5.29. The summed E-state index contributed by atoms with van der Waals surface area (Å²) >= 11 is 2.24. The SMILES string of the molecule is CC(Nc1ccc(I)cc1)C(=O)NCCc1ccc(F)cc1. The minimum absolute atomic E-state index is 0.0549. The van der Waals surface area contributed by atoms with Crippen LogP contribution in [-0.2, 0) is 11.2 Å². The fourth-order valence-corrected chi connectivity index (χ4v) is 2.36. The lowest BCUT2D eigenvalue weighted by Crippen LogP contribution is -2.38. The predicted molar refractivity (Wildman–Crippen MR) is 95.4 cm³/mol. The van der Waals surface area contributed by atoms with Gasteiger partial charge in [0.15, 0.2) is 0 Å². The molecular weight excluding hydrogens is 394 g/mol. The van der Waals surface area contributed by atoms with E-state index in [-0.39, 0.29) is 17.8 Å². The van der Waals surface area contributed by atoms with Gasteiger partial charge >= 0.3 is 0 Å². The number of halogens is 2. The molecule has 0 spiro atoms. The second kappa shape index (κ2) is 8.12. The van der Waals surface area contributed by atoms with E-state index in [2.05, 4.69) is 33.2 Å². The van der Waals surface area contributed by atoms with Gasteiger partial charge in [0.05, 0.1) is 0 Å². The van der Waals surface area contributed by atoms with Crippen LogP contribution in [0.3, 0.4) is 0 Å². The molecule has 1 atom stereocenters. The number of carbonyl (C=O) groups excluding carboxylic acids is 1. The Kier molecular flexibility index (Phi) is 6.18. The second-order valence-electron chi connectivity index (χ2n) is 5.04. The maximum atomic E-state index is 12.8. The molecule has 2 aromatic rings. The maximum Gasteiger partial charge on any atom is 0.242 e. The molecule has 0 fully saturated rings. The van der Waals surface area contributed by atoms with Crippen LogP contribution in [0.2, 0.25) is 0 Å². The molecule has 2 aromatic carbocycles. The molecule has 1 unspecified atom stereocenters. The van der Waals surface area contributed by atoms with Crippen molar-refractivity contribution in [3.8, 4) is 0 Å². The second-order valence-corrected chi connectivity index (χ2v) is 6.29. The topological polar surface area (TPSA) is 41.1 Å². The van der Waals surface area contributed by atoms with Crippen molar-refractivity contribution in [2.45, 2.75) is 19.4 Å². The number of anilines is 1. The Balaban J connectivity index is 1.76. The van der Waals surface area contributed by atoms with E-state index < -0.39 is 0 Å². The summed E-state index contributed by atoms with van der Waals surface area (Å²) in [6.07, 6.45) is 0.683. The van der Waals surface area contributed by atoms with E-state index in [0.717, 1.165) is 14.8 Å². The van der Waals surface area contributed by atoms with Gasteiger partial charge in [-0.2, -0.15) is 0 Å². The molecule has 5 heteroatoms. The van der Waals surface area contributed by atoms with Crippen LogP contribution >= 0.6 is 22.6 Å². The molecule has 0 aliphatic heterocycles. The van der Waals surface area contributed by atoms with Gasteiger partial charge in [0.1, 0.15) is 11.9 Å². The number of rotatable bonds is 6. The zero-order valence-corrected chi connectivity index (χ0v) is 14.4. The number of benzene rings is 2. The molecule has 0 aromatic heterocycles. The largest absolute Gasteiger partial charge is 0.374 e. The molecule has 116 valence electrons. The van der Waals surface area contributed by atoms with Gasteiger partial charge in [-0.15, -0.1) is 0 Å². The van der Waals surface area contributed by atoms with Crippen LogP contribution < -0.4 is 10.6 Å². The van der Waals surface area contributed by atoms with E-state index in [9.17, 15) is 9.18 Å². The summed E-state index contributed by atoms with van der Waals surface area (Å²) in [7, 11) is 0. The quantitative estimate of drug-likeness (QED) is 0.713. The summed E-state index contributed by atoms with van der Waals surface area (Å²) in [5.74, 6) is -0.302. The van der Waals surface area contributed by atoms with Crippen molar-refractivity contribution in [3.63, 3.8) is 0 Å². The summed E-state index contributed by atoms with van der Waals surface area (Å²) in [5, 5.41) is 6.04. The summed E-state index contributed by atoms with van der Waals surface area (Å²) in [6, 6.07) is 13.9. The van der Waals surface area contributed by atoms with Crippen LogP contribution in [0.25, 0.3) is 0 Å². The van der Waals surface area contributed by atoms with Gasteiger partial charge in [0, 0.05) is 15.8 Å². The minimum Gasteiger partial charge on any atom is -0.374 e. The molecule has 0 radical (unpaired) electrons. The van der Waals surface area contributed by atoms with Gasteiger partial charge in [0.2, 0.25) is 5.91 Å². The van der Waals surface area contributed by atoms with E-state index >= 15 is 0 Å². The molecule has 0 saturated carbocycles. The average molecular weight is 412 g/mol. The van der Waals surface area contributed by atoms with Crippen LogP contribution in [0.15, 0.2) is 48.5 Å². The molecule has 0 bridgehead atoms. The fourth-order valence-electron chi connectivity index (χ4n) is 2.00. The monoisotopic (exact) mass is 412 g/mol. The molecule has 0 aliphatic rings. The number of hydrogen-bond acceptors (Lipinski definition) is 2. The highest BCUT2D eigenvalue weighted by Gasteiger charge is 2.11. The van der Waals surface area contributed by atoms with Gasteiger partial charge in [-0.1, -0.05) is 12.1 Å². The lowest BCUT2D eigenvalue weighted by atomic mass is 10.1. The van der Waals surface area contributed by atoms with Crippen molar-refractivity contribution in [3.05, 3.63) is 63.5 Å². The summed E-state index contributed by atoms with van der Waals surface area (Å²) in [4.78, 5) is 12.0. The fraction of sp³-hybridized carbons (Fsp3) is 0.235. The first-order chi connectivity index (χ1) is 10.5. The number of carbonyl (C=O) groups is 1. The summed E-state index contributed by atoms with van der Waals surface area (Å²) in [5.41, 5.74) is 1.92. The van der Waals surface area contributed by atoms with Gasteiger partial charge in [-0.3, -0.25) is 4.79 Å². The Labute approximate surface area is 143 Å². The van der Waals surface area contributed by atoms with Crippen molar-refractivity contribution < 1.29 is 9.18 Å². The van der Waals surface area contributed by atoms with Crippen LogP contribution in [0.5, 0.6) is 0 Å². The molecule has 2 rings (SSSR count). The van der Waals surface area contributed by atoms with Crippen molar-refractivity contribution >= 4 is 34.2 Å². The third-order valence-corrected chi connectivity index (χ3v) is 3.97. The molecule has 0 heterocycles. The standard InChI is InChI=1S/C17H18FIN2O/c1-12(21-16-8-6-15(19)7-9-16)17(22)20-11-10-13-2-4-14(18)5-3-13/h2-9,12,21H,10-11H2,1H3,(H,20,22). The normalized spacial score (nSPS) is 11.8. The van der Waals surface area contributed by atoms with E-state index in [4.69, 9.17) is 0 Å². The van der Waals surface area contributed by atoms with Crippen LogP contribution in [-0.4, -0.2) is 18.5 Å². The first-order valence-corrected chi connectivity index (χ1v) is 8.17. The van der Waals surface area contributed by atoms with Crippen LogP contribution in [0.1, 0.15) is 12.5 Å². The molecular formula is C17H18FIN2O. The van der Waals surface area contributed by atoms with Gasteiger partial charge in [0.25, 0.3) is 0 Å². The highest BCUT2D eigenvalue weighted by molar-refractivity contribution is 14.1. The molecule has 1 amide bonds. The van der Waals surface area contributed by atoms with Crippen LogP contribution in [0.4, 0.5) is 10.1 Å². The van der Waals surface area contributed by atoms with Gasteiger partial charge in [-0.05, 0) is 77.9 Å². The zero-order valence-electron chi connectivity index (χ0n) is 12.3. The summed E-state index contributed by atoms with van der Waals surface area (Å²) < 4.78 is 13.9. The highest BCUT2D eigenvalue weighted by Crippen LogP contribution is 2.12. The number of hydrogen-bond donors (Lipinski definition) is 2. The lowest BCUT2D eigenvalue weighted by molar-refractivity contribution is -0.121. The van der Waals surface area contributed by atoms with E-state index in [1.54, 1.807) is 12.1 Å². The average Bonchev–Trinajstić information content (AvgIpc) is 2.51. The smallest absolute Gasteiger partial charge is 0.242 e. The molecule has 3 nitrogen and oxygen atoms in total. The Hall–Kier alpha value is -1.63. The van der Waals surface area contributed by atoms with Gasteiger partial charge < -0.3 is 10.6 Å².